The highest BCUT2D eigenvalue weighted by atomic mass is 16.7. The monoisotopic (exact) mass is 920 g/mol. The fourth-order valence-electron chi connectivity index (χ4n) is 7.80. The summed E-state index contributed by atoms with van der Waals surface area (Å²) in [7, 11) is 2.36. The number of aliphatic hydroxyl groups excluding tert-OH is 2. The maximum Gasteiger partial charge on any atom is 0.331 e. The van der Waals surface area contributed by atoms with Gasteiger partial charge in [0.1, 0.15) is 49.8 Å². The van der Waals surface area contributed by atoms with Crippen LogP contribution in [0.3, 0.4) is 0 Å². The summed E-state index contributed by atoms with van der Waals surface area (Å²) < 4.78 is 45.7. The number of amides is 4. The average molecular weight is 921 g/mol. The van der Waals surface area contributed by atoms with Gasteiger partial charge in [0.25, 0.3) is 23.6 Å². The highest BCUT2D eigenvalue weighted by molar-refractivity contribution is 5.96. The molecule has 356 valence electrons. The van der Waals surface area contributed by atoms with Crippen molar-refractivity contribution < 1.29 is 76.9 Å². The van der Waals surface area contributed by atoms with Crippen molar-refractivity contribution in [2.75, 3.05) is 53.7 Å². The molecule has 6 N–H and O–H groups in total. The number of rotatable bonds is 20. The predicted molar refractivity (Wildman–Crippen MR) is 229 cm³/mol. The van der Waals surface area contributed by atoms with E-state index in [0.717, 1.165) is 12.7 Å². The largest absolute Gasteiger partial charge is 0.467 e. The molecule has 3 aromatic rings. The van der Waals surface area contributed by atoms with Crippen molar-refractivity contribution in [1.82, 2.24) is 21.3 Å². The minimum atomic E-state index is -1.54. The highest BCUT2D eigenvalue weighted by Gasteiger charge is 2.54. The molecular weight excluding hydrogens is 865 g/mol. The molecule has 3 aliphatic heterocycles. The summed E-state index contributed by atoms with van der Waals surface area (Å²) in [5.41, 5.74) is 1.28. The zero-order chi connectivity index (χ0) is 47.0. The lowest BCUT2D eigenvalue weighted by Crippen LogP contribution is -2.69. The Labute approximate surface area is 380 Å². The Morgan fingerprint density at radius 1 is 0.636 bits per heavy atom. The Kier molecular flexibility index (Phi) is 18.5. The summed E-state index contributed by atoms with van der Waals surface area (Å²) in [5.74, 6) is -3.82. The first-order valence-corrected chi connectivity index (χ1v) is 21.6. The Morgan fingerprint density at radius 3 is 1.64 bits per heavy atom. The summed E-state index contributed by atoms with van der Waals surface area (Å²) >= 11 is 0. The maximum absolute atomic E-state index is 14.0. The Balaban J connectivity index is 1.08. The van der Waals surface area contributed by atoms with E-state index >= 15 is 0 Å². The van der Waals surface area contributed by atoms with Crippen LogP contribution in [0.4, 0.5) is 0 Å². The van der Waals surface area contributed by atoms with Gasteiger partial charge >= 0.3 is 11.9 Å². The number of esters is 2. The molecule has 3 heterocycles. The van der Waals surface area contributed by atoms with Gasteiger partial charge in [-0.1, -0.05) is 66.7 Å². The predicted octanol–water partition coefficient (Wildman–Crippen LogP) is 0.105. The van der Waals surface area contributed by atoms with Crippen LogP contribution in [-0.4, -0.2) is 160 Å². The second-order valence-corrected chi connectivity index (χ2v) is 15.6. The van der Waals surface area contributed by atoms with Crippen LogP contribution in [0, 0.1) is 0 Å². The molecular formula is C46H56N4O16. The number of aliphatic hydroxyl groups is 2. The van der Waals surface area contributed by atoms with Crippen molar-refractivity contribution in [1.29, 1.82) is 0 Å². The number of unbranched alkanes of at least 4 members (excludes halogenated alkanes) is 2. The van der Waals surface area contributed by atoms with E-state index in [4.69, 9.17) is 33.2 Å². The van der Waals surface area contributed by atoms with Crippen LogP contribution < -0.4 is 21.3 Å². The molecule has 3 fully saturated rings. The van der Waals surface area contributed by atoms with Crippen LogP contribution >= 0.6 is 0 Å². The first-order valence-electron chi connectivity index (χ1n) is 21.6. The number of hydrogen-bond donors (Lipinski definition) is 6. The third-order valence-corrected chi connectivity index (χ3v) is 11.2. The fraction of sp³-hybridized carbons (Fsp3) is 0.478. The quantitative estimate of drug-likeness (QED) is 0.0649. The van der Waals surface area contributed by atoms with E-state index in [0.29, 0.717) is 24.8 Å². The molecule has 20 heteroatoms. The molecule has 6 rings (SSSR count). The normalized spacial score (nSPS) is 27.0. The van der Waals surface area contributed by atoms with E-state index in [9.17, 15) is 39.0 Å². The van der Waals surface area contributed by atoms with Gasteiger partial charge in [0.05, 0.1) is 39.5 Å². The number of fused-ring (bicyclic) bond motifs is 1. The van der Waals surface area contributed by atoms with Crippen molar-refractivity contribution in [3.63, 3.8) is 0 Å². The summed E-state index contributed by atoms with van der Waals surface area (Å²) in [6, 6.07) is 23.2. The minimum absolute atomic E-state index is 0.00557. The molecule has 3 aromatic carbocycles. The van der Waals surface area contributed by atoms with Crippen LogP contribution in [0.25, 0.3) is 0 Å². The first kappa shape index (κ1) is 49.6. The van der Waals surface area contributed by atoms with Crippen LogP contribution in [0.15, 0.2) is 91.0 Å². The van der Waals surface area contributed by atoms with E-state index < -0.39 is 123 Å². The molecule has 0 aromatic heterocycles. The van der Waals surface area contributed by atoms with Crippen molar-refractivity contribution in [2.45, 2.75) is 86.5 Å². The lowest BCUT2D eigenvalue weighted by Gasteiger charge is -2.49. The number of benzene rings is 3. The van der Waals surface area contributed by atoms with Gasteiger partial charge in [0.2, 0.25) is 0 Å². The number of carbonyl (C=O) groups excluding carboxylic acids is 6. The molecule has 3 saturated heterocycles. The topological polar surface area (TPSA) is 265 Å². The number of ether oxygens (including phenoxy) is 8. The SMILES string of the molecule is COC(=O)COC1C(NC(=O)c2ccccc2)[C@@H](C(=O)NCCCCCNC(=O)[C@@H]2OC3COC(c4ccccc4)O[C@@H]3[C@H](OCC(=O)OC)C2NC(=O)c2ccccc2)O[C@H](CO)[C@H]1O. The van der Waals surface area contributed by atoms with E-state index in [2.05, 4.69) is 26.0 Å². The molecule has 0 radical (unpaired) electrons. The van der Waals surface area contributed by atoms with Crippen LogP contribution in [0.2, 0.25) is 0 Å². The van der Waals surface area contributed by atoms with E-state index in [1.54, 1.807) is 60.7 Å². The molecule has 4 amide bonds. The van der Waals surface area contributed by atoms with E-state index in [1.807, 2.05) is 30.3 Å². The van der Waals surface area contributed by atoms with E-state index in [-0.39, 0.29) is 25.3 Å². The van der Waals surface area contributed by atoms with Crippen LogP contribution in [0.1, 0.15) is 51.8 Å². The third-order valence-electron chi connectivity index (χ3n) is 11.2. The van der Waals surface area contributed by atoms with Crippen LogP contribution in [-0.2, 0) is 57.1 Å². The van der Waals surface area contributed by atoms with Crippen molar-refractivity contribution in [3.8, 4) is 0 Å². The van der Waals surface area contributed by atoms with Crippen molar-refractivity contribution in [3.05, 3.63) is 108 Å². The maximum atomic E-state index is 14.0. The van der Waals surface area contributed by atoms with Gasteiger partial charge in [-0.05, 0) is 43.5 Å². The van der Waals surface area contributed by atoms with Crippen molar-refractivity contribution >= 4 is 35.6 Å². The lowest BCUT2D eigenvalue weighted by molar-refractivity contribution is -0.315. The van der Waals surface area contributed by atoms with Gasteiger partial charge < -0.3 is 69.4 Å². The number of nitrogens with one attached hydrogen (secondary N) is 4. The molecule has 0 aliphatic carbocycles. The number of methoxy groups -OCH3 is 2. The summed E-state index contributed by atoms with van der Waals surface area (Å²) in [6.45, 7) is -1.50. The van der Waals surface area contributed by atoms with Crippen molar-refractivity contribution in [2.24, 2.45) is 0 Å². The zero-order valence-corrected chi connectivity index (χ0v) is 36.5. The van der Waals surface area contributed by atoms with Crippen LogP contribution in [0.5, 0.6) is 0 Å². The molecule has 66 heavy (non-hydrogen) atoms. The number of carbonyl (C=O) groups is 6. The van der Waals surface area contributed by atoms with Gasteiger partial charge in [0, 0.05) is 29.8 Å². The third kappa shape index (κ3) is 12.9. The highest BCUT2D eigenvalue weighted by Crippen LogP contribution is 2.36. The second kappa shape index (κ2) is 24.6. The number of hydrogen-bond acceptors (Lipinski definition) is 16. The zero-order valence-electron chi connectivity index (χ0n) is 36.5. The van der Waals surface area contributed by atoms with Gasteiger partial charge in [-0.2, -0.15) is 0 Å². The van der Waals surface area contributed by atoms with Gasteiger partial charge in [-0.25, -0.2) is 9.59 Å². The van der Waals surface area contributed by atoms with Gasteiger partial charge in [-0.3, -0.25) is 19.2 Å². The molecule has 11 atom stereocenters. The Hall–Kier alpha value is -5.84. The molecule has 5 unspecified atom stereocenters. The van der Waals surface area contributed by atoms with Gasteiger partial charge in [-0.15, -0.1) is 0 Å². The first-order chi connectivity index (χ1) is 32.0. The lowest BCUT2D eigenvalue weighted by atomic mass is 9.90. The molecule has 3 aliphatic rings. The van der Waals surface area contributed by atoms with E-state index in [1.165, 1.54) is 7.11 Å². The fourth-order valence-corrected chi connectivity index (χ4v) is 7.80. The molecule has 0 saturated carbocycles. The van der Waals surface area contributed by atoms with Gasteiger partial charge in [0.15, 0.2) is 18.5 Å². The standard InChI is InChI=1S/C46H56N4O16/c1-59-32(52)25-61-38-34(49-42(55)27-15-7-3-8-16-27)40(64-30(23-51)36(38)54)44(57)47-21-13-6-14-22-48-45(58)41-35(50-43(56)28-17-9-4-10-18-28)39(62-26-33(53)60-2)37-31(65-41)24-63-46(66-37)29-19-11-5-12-20-29/h3-5,7-12,15-20,30-31,34-41,46,51,54H,6,13-14,21-26H2,1-2H3,(H,47,57)(H,48,58)(H,49,55)(H,50,56)/t30-,31?,34?,35?,36-,37+,38?,39-,40+,41-,46?/m1/s1. The summed E-state index contributed by atoms with van der Waals surface area (Å²) in [5, 5.41) is 32.2. The average Bonchev–Trinajstić information content (AvgIpc) is 3.35. The smallest absolute Gasteiger partial charge is 0.331 e. The Morgan fingerprint density at radius 2 is 1.12 bits per heavy atom. The minimum Gasteiger partial charge on any atom is -0.467 e. The second-order valence-electron chi connectivity index (χ2n) is 15.6. The summed E-state index contributed by atoms with van der Waals surface area (Å²) in [6.07, 6.45) is -9.16. The molecule has 20 nitrogen and oxygen atoms in total. The Bertz CT molecular complexity index is 2070. The summed E-state index contributed by atoms with van der Waals surface area (Å²) in [4.78, 5) is 78.8. The molecule has 0 bridgehead atoms. The molecule has 0 spiro atoms.